The van der Waals surface area contributed by atoms with Crippen molar-refractivity contribution in [2.24, 2.45) is 0 Å². The Kier molecular flexibility index (Phi) is 3.22. The molecule has 0 N–H and O–H groups in total. The fourth-order valence-corrected chi connectivity index (χ4v) is 2.84. The van der Waals surface area contributed by atoms with E-state index in [-0.39, 0.29) is 11.9 Å². The average Bonchev–Trinajstić information content (AvgIpc) is 2.44. The Morgan fingerprint density at radius 1 is 1.20 bits per heavy atom. The number of halogens is 2. The molecule has 0 aliphatic carbocycles. The zero-order valence-corrected chi connectivity index (χ0v) is 11.8. The summed E-state index contributed by atoms with van der Waals surface area (Å²) in [5.41, 5.74) is 0.834. The molecule has 0 amide bonds. The van der Waals surface area contributed by atoms with Crippen LogP contribution in [0.3, 0.4) is 0 Å². The topological polar surface area (TPSA) is 18.5 Å². The molecule has 15 heavy (non-hydrogen) atoms. The van der Waals surface area contributed by atoms with Crippen molar-refractivity contribution in [3.8, 4) is 0 Å². The second-order valence-electron chi connectivity index (χ2n) is 4.22. The molecule has 0 radical (unpaired) electrons. The van der Waals surface area contributed by atoms with Gasteiger partial charge in [-0.1, -0.05) is 31.9 Å². The van der Waals surface area contributed by atoms with Crippen LogP contribution in [0.4, 0.5) is 0 Å². The highest BCUT2D eigenvalue weighted by molar-refractivity contribution is 9.11. The number of hydrogen-bond donors (Lipinski definition) is 0. The molecule has 2 nitrogen and oxygen atoms in total. The number of rotatable bonds is 1. The number of hydrogen-bond acceptors (Lipinski definition) is 2. The molecule has 1 atom stereocenters. The molecule has 0 spiro atoms. The van der Waals surface area contributed by atoms with Gasteiger partial charge in [-0.3, -0.25) is 0 Å². The lowest BCUT2D eigenvalue weighted by molar-refractivity contribution is -0.0812. The third-order valence-corrected chi connectivity index (χ3v) is 3.08. The average molecular weight is 336 g/mol. The van der Waals surface area contributed by atoms with Crippen LogP contribution >= 0.6 is 31.9 Å². The van der Waals surface area contributed by atoms with Crippen LogP contribution in [0.5, 0.6) is 0 Å². The smallest absolute Gasteiger partial charge is 0.184 e. The van der Waals surface area contributed by atoms with Crippen LogP contribution in [0.1, 0.15) is 25.7 Å². The van der Waals surface area contributed by atoms with E-state index < -0.39 is 0 Å². The van der Waals surface area contributed by atoms with E-state index in [1.807, 2.05) is 32.0 Å². The maximum atomic E-state index is 5.78. The van der Waals surface area contributed by atoms with Gasteiger partial charge < -0.3 is 9.47 Å². The summed E-state index contributed by atoms with van der Waals surface area (Å²) in [6.07, 6.45) is -0.256. The lowest BCUT2D eigenvalue weighted by atomic mass is 10.2. The van der Waals surface area contributed by atoms with Crippen LogP contribution in [0, 0.1) is 0 Å². The highest BCUT2D eigenvalue weighted by atomic mass is 79.9. The first kappa shape index (κ1) is 11.6. The van der Waals surface area contributed by atoms with Crippen molar-refractivity contribution in [3.05, 3.63) is 32.7 Å². The van der Waals surface area contributed by atoms with E-state index in [1.54, 1.807) is 0 Å². The molecular weight excluding hydrogens is 324 g/mol. The second kappa shape index (κ2) is 4.17. The lowest BCUT2D eigenvalue weighted by Crippen LogP contribution is -2.21. The molecule has 1 aromatic carbocycles. The van der Waals surface area contributed by atoms with Crippen LogP contribution in [-0.4, -0.2) is 12.2 Å². The van der Waals surface area contributed by atoms with Crippen LogP contribution in [0.2, 0.25) is 0 Å². The molecule has 1 aliphatic rings. The summed E-state index contributed by atoms with van der Waals surface area (Å²) in [6.45, 7) is 4.68. The Balaban J connectivity index is 2.24. The Labute approximate surface area is 106 Å². The Morgan fingerprint density at radius 2 is 1.80 bits per heavy atom. The van der Waals surface area contributed by atoms with Gasteiger partial charge in [-0.05, 0) is 32.0 Å². The molecule has 1 fully saturated rings. The fourth-order valence-electron chi connectivity index (χ4n) is 1.51. The molecule has 0 aromatic heterocycles. The minimum atomic E-state index is -0.256. The van der Waals surface area contributed by atoms with Crippen molar-refractivity contribution in [2.75, 3.05) is 6.61 Å². The zero-order valence-electron chi connectivity index (χ0n) is 8.59. The van der Waals surface area contributed by atoms with Gasteiger partial charge >= 0.3 is 0 Å². The summed E-state index contributed by atoms with van der Waals surface area (Å²) in [4.78, 5) is 0. The Morgan fingerprint density at radius 3 is 2.27 bits per heavy atom. The molecule has 0 saturated carbocycles. The summed E-state index contributed by atoms with van der Waals surface area (Å²) in [7, 11) is 0. The highest BCUT2D eigenvalue weighted by Crippen LogP contribution is 2.35. The molecule has 1 saturated heterocycles. The van der Waals surface area contributed by atoms with Gasteiger partial charge in [0.15, 0.2) is 6.29 Å². The highest BCUT2D eigenvalue weighted by Gasteiger charge is 2.33. The van der Waals surface area contributed by atoms with Crippen molar-refractivity contribution in [3.63, 3.8) is 0 Å². The van der Waals surface area contributed by atoms with Crippen LogP contribution < -0.4 is 0 Å². The Bertz CT molecular complexity index is 357. The molecular formula is C11H12Br2O2. The van der Waals surface area contributed by atoms with Gasteiger partial charge in [0.25, 0.3) is 0 Å². The van der Waals surface area contributed by atoms with E-state index in [9.17, 15) is 0 Å². The van der Waals surface area contributed by atoms with Gasteiger partial charge in [0.05, 0.1) is 12.2 Å². The summed E-state index contributed by atoms with van der Waals surface area (Å²) in [5.74, 6) is 0. The SMILES string of the molecule is CC1(C)CO[C@H](c2cc(Br)cc(Br)c2)O1. The van der Waals surface area contributed by atoms with Crippen molar-refractivity contribution in [1.29, 1.82) is 0 Å². The van der Waals surface area contributed by atoms with Gasteiger partial charge in [0.2, 0.25) is 0 Å². The number of ether oxygens (including phenoxy) is 2. The van der Waals surface area contributed by atoms with Gasteiger partial charge in [-0.25, -0.2) is 0 Å². The minimum absolute atomic E-state index is 0.195. The standard InChI is InChI=1S/C11H12Br2O2/c1-11(2)6-14-10(15-11)7-3-8(12)5-9(13)4-7/h3-5,10H,6H2,1-2H3/t10-/m0/s1. The summed E-state index contributed by atoms with van der Waals surface area (Å²) < 4.78 is 13.4. The maximum Gasteiger partial charge on any atom is 0.184 e. The normalized spacial score (nSPS) is 24.4. The van der Waals surface area contributed by atoms with Crippen LogP contribution in [-0.2, 0) is 9.47 Å². The predicted octanol–water partition coefficient (Wildman–Crippen LogP) is 4.04. The first-order chi connectivity index (χ1) is 6.96. The van der Waals surface area contributed by atoms with Crippen LogP contribution in [0.25, 0.3) is 0 Å². The zero-order chi connectivity index (χ0) is 11.1. The lowest BCUT2D eigenvalue weighted by Gasteiger charge is -2.16. The third kappa shape index (κ3) is 2.81. The largest absolute Gasteiger partial charge is 0.345 e. The van der Waals surface area contributed by atoms with E-state index in [1.165, 1.54) is 0 Å². The first-order valence-corrected chi connectivity index (χ1v) is 6.30. The van der Waals surface area contributed by atoms with E-state index >= 15 is 0 Å². The Hall–Kier alpha value is 0.1000. The summed E-state index contributed by atoms with van der Waals surface area (Å²) in [5, 5.41) is 0. The molecule has 4 heteroatoms. The van der Waals surface area contributed by atoms with Crippen LogP contribution in [0.15, 0.2) is 27.1 Å². The predicted molar refractivity (Wildman–Crippen MR) is 65.7 cm³/mol. The van der Waals surface area contributed by atoms with Gasteiger partial charge in [0.1, 0.15) is 0 Å². The summed E-state index contributed by atoms with van der Waals surface area (Å²) >= 11 is 6.89. The van der Waals surface area contributed by atoms with Gasteiger partial charge in [-0.15, -0.1) is 0 Å². The maximum absolute atomic E-state index is 5.78. The fraction of sp³-hybridized carbons (Fsp3) is 0.455. The molecule has 2 rings (SSSR count). The first-order valence-electron chi connectivity index (χ1n) is 4.72. The van der Waals surface area contributed by atoms with Crippen molar-refractivity contribution in [2.45, 2.75) is 25.7 Å². The van der Waals surface area contributed by atoms with E-state index in [4.69, 9.17) is 9.47 Å². The van der Waals surface area contributed by atoms with E-state index in [0.29, 0.717) is 6.61 Å². The van der Waals surface area contributed by atoms with E-state index in [2.05, 4.69) is 31.9 Å². The molecule has 0 unspecified atom stereocenters. The minimum Gasteiger partial charge on any atom is -0.345 e. The van der Waals surface area contributed by atoms with Gasteiger partial charge in [-0.2, -0.15) is 0 Å². The quantitative estimate of drug-likeness (QED) is 0.771. The molecule has 82 valence electrons. The van der Waals surface area contributed by atoms with Gasteiger partial charge in [0, 0.05) is 14.5 Å². The van der Waals surface area contributed by atoms with Crippen molar-refractivity contribution in [1.82, 2.24) is 0 Å². The molecule has 1 aromatic rings. The third-order valence-electron chi connectivity index (χ3n) is 2.17. The summed E-state index contributed by atoms with van der Waals surface area (Å²) in [6, 6.07) is 6.01. The molecule has 1 heterocycles. The monoisotopic (exact) mass is 334 g/mol. The second-order valence-corrected chi connectivity index (χ2v) is 6.05. The van der Waals surface area contributed by atoms with Crippen molar-refractivity contribution >= 4 is 31.9 Å². The molecule has 0 bridgehead atoms. The van der Waals surface area contributed by atoms with E-state index in [0.717, 1.165) is 14.5 Å². The number of benzene rings is 1. The molecule has 1 aliphatic heterocycles. The van der Waals surface area contributed by atoms with Crippen molar-refractivity contribution < 1.29 is 9.47 Å².